The van der Waals surface area contributed by atoms with E-state index in [2.05, 4.69) is 25.9 Å². The van der Waals surface area contributed by atoms with Gasteiger partial charge >= 0.3 is 0 Å². The third-order valence-electron chi connectivity index (χ3n) is 8.48. The van der Waals surface area contributed by atoms with E-state index in [0.717, 1.165) is 70.8 Å². The summed E-state index contributed by atoms with van der Waals surface area (Å²) in [5, 5.41) is 19.9. The molecule has 40 heavy (non-hydrogen) atoms. The van der Waals surface area contributed by atoms with Gasteiger partial charge in [-0.2, -0.15) is 4.98 Å². The van der Waals surface area contributed by atoms with E-state index in [4.69, 9.17) is 4.98 Å². The van der Waals surface area contributed by atoms with Crippen molar-refractivity contribution in [2.45, 2.75) is 69.6 Å². The molecule has 0 radical (unpaired) electrons. The molecule has 4 N–H and O–H groups in total. The molecule has 3 aromatic rings. The first-order valence-corrected chi connectivity index (χ1v) is 14.4. The van der Waals surface area contributed by atoms with Crippen LogP contribution >= 0.6 is 0 Å². The van der Waals surface area contributed by atoms with Crippen LogP contribution in [0.5, 0.6) is 0 Å². The third-order valence-corrected chi connectivity index (χ3v) is 8.48. The van der Waals surface area contributed by atoms with Gasteiger partial charge in [-0.15, -0.1) is 0 Å². The van der Waals surface area contributed by atoms with Crippen LogP contribution < -0.4 is 16.0 Å². The molecule has 1 saturated heterocycles. The summed E-state index contributed by atoms with van der Waals surface area (Å²) < 4.78 is 29.9. The lowest BCUT2D eigenvalue weighted by molar-refractivity contribution is -0.137. The minimum atomic E-state index is -0.711. The molecule has 3 heterocycles. The number of imidazole rings is 1. The first kappa shape index (κ1) is 26.8. The Bertz CT molecular complexity index is 1350. The zero-order chi connectivity index (χ0) is 27.6. The number of carbonyl (C=O) groups excluding carboxylic acids is 1. The maximum absolute atomic E-state index is 14.5. The van der Waals surface area contributed by atoms with Crippen LogP contribution in [0.4, 0.5) is 26.4 Å². The number of hydrogen-bond acceptors (Lipinski definition) is 8. The molecule has 0 unspecified atom stereocenters. The van der Waals surface area contributed by atoms with E-state index in [1.54, 1.807) is 6.20 Å². The molecule has 6 rings (SSSR count). The summed E-state index contributed by atoms with van der Waals surface area (Å²) in [4.78, 5) is 28.9. The van der Waals surface area contributed by atoms with Crippen molar-refractivity contribution in [1.29, 1.82) is 0 Å². The van der Waals surface area contributed by atoms with Gasteiger partial charge < -0.3 is 26.0 Å². The van der Waals surface area contributed by atoms with Crippen LogP contribution in [-0.2, 0) is 4.79 Å². The number of anilines is 3. The molecule has 214 valence electrons. The average Bonchev–Trinajstić information content (AvgIpc) is 3.32. The summed E-state index contributed by atoms with van der Waals surface area (Å²) in [5.41, 5.74) is 1.30. The van der Waals surface area contributed by atoms with Gasteiger partial charge in [-0.05, 0) is 63.5 Å². The van der Waals surface area contributed by atoms with Crippen molar-refractivity contribution >= 4 is 34.7 Å². The minimum Gasteiger partial charge on any atom is -0.393 e. The van der Waals surface area contributed by atoms with E-state index in [0.29, 0.717) is 35.9 Å². The van der Waals surface area contributed by atoms with Crippen LogP contribution in [-0.4, -0.2) is 73.8 Å². The van der Waals surface area contributed by atoms with Crippen molar-refractivity contribution in [3.63, 3.8) is 0 Å². The number of fused-ring (bicyclic) bond motifs is 1. The summed E-state index contributed by atoms with van der Waals surface area (Å²) in [6, 6.07) is 3.55. The Balaban J connectivity index is 1.20. The molecule has 1 aromatic carbocycles. The number of halogens is 2. The molecule has 12 heteroatoms. The molecule has 0 spiro atoms. The molecule has 2 aromatic heterocycles. The van der Waals surface area contributed by atoms with Gasteiger partial charge in [-0.1, -0.05) is 0 Å². The highest BCUT2D eigenvalue weighted by molar-refractivity contribution is 5.79. The molecule has 3 aliphatic rings. The number of nitrogens with one attached hydrogen (secondary N) is 3. The van der Waals surface area contributed by atoms with Gasteiger partial charge in [0.15, 0.2) is 5.65 Å². The van der Waals surface area contributed by atoms with Gasteiger partial charge in [-0.3, -0.25) is 9.36 Å². The predicted octanol–water partition coefficient (Wildman–Crippen LogP) is 3.73. The number of benzene rings is 1. The topological polar surface area (TPSA) is 120 Å². The average molecular weight is 555 g/mol. The predicted molar refractivity (Wildman–Crippen MR) is 147 cm³/mol. The normalized spacial score (nSPS) is 25.6. The molecule has 2 aliphatic carbocycles. The highest BCUT2D eigenvalue weighted by Crippen LogP contribution is 2.35. The van der Waals surface area contributed by atoms with Crippen LogP contribution in [0.3, 0.4) is 0 Å². The van der Waals surface area contributed by atoms with Crippen molar-refractivity contribution in [3.8, 4) is 0 Å². The van der Waals surface area contributed by atoms with Crippen LogP contribution in [0, 0.1) is 17.6 Å². The standard InChI is InChI=1S/C28H36F2N8O2/c29-18-3-10-23(22(30)15-18)34-28-35-24-16-32-27(36-25(24)38(28)20-6-8-21(39)9-7-20)33-19-4-1-17(2-5-19)26(40)37-13-11-31-12-14-37/h3,10,15-17,19-21,31,39H,1-2,4-9,11-14H2,(H,34,35)(H,32,33,36). The maximum Gasteiger partial charge on any atom is 0.225 e. The van der Waals surface area contributed by atoms with Crippen molar-refractivity contribution in [2.24, 2.45) is 5.92 Å². The Kier molecular flexibility index (Phi) is 7.79. The number of aliphatic hydroxyl groups is 1. The zero-order valence-corrected chi connectivity index (χ0v) is 22.5. The highest BCUT2D eigenvalue weighted by Gasteiger charge is 2.31. The van der Waals surface area contributed by atoms with E-state index in [1.165, 1.54) is 12.1 Å². The number of amides is 1. The van der Waals surface area contributed by atoms with Gasteiger partial charge in [0.25, 0.3) is 0 Å². The summed E-state index contributed by atoms with van der Waals surface area (Å²) in [6.45, 7) is 3.28. The lowest BCUT2D eigenvalue weighted by atomic mass is 9.85. The number of aromatic nitrogens is 4. The van der Waals surface area contributed by atoms with Crippen LogP contribution in [0.1, 0.15) is 57.4 Å². The summed E-state index contributed by atoms with van der Waals surface area (Å²) in [5.74, 6) is -0.125. The smallest absolute Gasteiger partial charge is 0.225 e. The number of nitrogens with zero attached hydrogens (tertiary/aromatic N) is 5. The summed E-state index contributed by atoms with van der Waals surface area (Å²) >= 11 is 0. The number of hydrogen-bond donors (Lipinski definition) is 4. The number of rotatable bonds is 6. The highest BCUT2D eigenvalue weighted by atomic mass is 19.1. The SMILES string of the molecule is O=C(C1CCC(Nc2ncc3nc(Nc4ccc(F)cc4F)n(C4CCC(O)CC4)c3n2)CC1)N1CCNCC1. The summed E-state index contributed by atoms with van der Waals surface area (Å²) in [6.07, 6.45) is 7.48. The van der Waals surface area contributed by atoms with Gasteiger partial charge in [0.2, 0.25) is 17.8 Å². The molecular formula is C28H36F2N8O2. The maximum atomic E-state index is 14.5. The fourth-order valence-corrected chi connectivity index (χ4v) is 6.23. The zero-order valence-electron chi connectivity index (χ0n) is 22.5. The van der Waals surface area contributed by atoms with Crippen LogP contribution in [0.25, 0.3) is 11.2 Å². The lowest BCUT2D eigenvalue weighted by Crippen LogP contribution is -2.49. The molecule has 3 fully saturated rings. The number of piperazine rings is 1. The Labute approximate surface area is 231 Å². The van der Waals surface area contributed by atoms with Crippen molar-refractivity contribution < 1.29 is 18.7 Å². The van der Waals surface area contributed by atoms with Gasteiger partial charge in [-0.25, -0.2) is 18.7 Å². The van der Waals surface area contributed by atoms with Crippen molar-refractivity contribution in [2.75, 3.05) is 36.8 Å². The third kappa shape index (κ3) is 5.73. The fraction of sp³-hybridized carbons (Fsp3) is 0.571. The van der Waals surface area contributed by atoms with Gasteiger partial charge in [0.1, 0.15) is 17.2 Å². The molecule has 0 bridgehead atoms. The van der Waals surface area contributed by atoms with Crippen molar-refractivity contribution in [3.05, 3.63) is 36.0 Å². The molecule has 1 amide bonds. The van der Waals surface area contributed by atoms with E-state index in [9.17, 15) is 18.7 Å². The summed E-state index contributed by atoms with van der Waals surface area (Å²) in [7, 11) is 0. The monoisotopic (exact) mass is 554 g/mol. The Morgan fingerprint density at radius 3 is 2.48 bits per heavy atom. The molecular weight excluding hydrogens is 518 g/mol. The second-order valence-electron chi connectivity index (χ2n) is 11.2. The Hall–Kier alpha value is -3.38. The van der Waals surface area contributed by atoms with Gasteiger partial charge in [0.05, 0.1) is 18.0 Å². The quantitative estimate of drug-likeness (QED) is 0.364. The second kappa shape index (κ2) is 11.6. The van der Waals surface area contributed by atoms with E-state index >= 15 is 0 Å². The fourth-order valence-electron chi connectivity index (χ4n) is 6.23. The molecule has 10 nitrogen and oxygen atoms in total. The Morgan fingerprint density at radius 1 is 1.00 bits per heavy atom. The minimum absolute atomic E-state index is 0.00796. The van der Waals surface area contributed by atoms with Crippen LogP contribution in [0.2, 0.25) is 0 Å². The number of aliphatic hydroxyl groups excluding tert-OH is 1. The van der Waals surface area contributed by atoms with Crippen molar-refractivity contribution in [1.82, 2.24) is 29.7 Å². The molecule has 2 saturated carbocycles. The first-order chi connectivity index (χ1) is 19.4. The second-order valence-corrected chi connectivity index (χ2v) is 11.2. The van der Waals surface area contributed by atoms with E-state index < -0.39 is 11.6 Å². The van der Waals surface area contributed by atoms with Crippen LogP contribution in [0.15, 0.2) is 24.4 Å². The Morgan fingerprint density at radius 2 is 1.75 bits per heavy atom. The van der Waals surface area contributed by atoms with Gasteiger partial charge in [0, 0.05) is 50.2 Å². The van der Waals surface area contributed by atoms with E-state index in [1.807, 2.05) is 9.47 Å². The lowest BCUT2D eigenvalue weighted by Gasteiger charge is -2.34. The van der Waals surface area contributed by atoms with E-state index in [-0.39, 0.29) is 35.7 Å². The molecule has 1 aliphatic heterocycles. The molecule has 0 atom stereocenters. The largest absolute Gasteiger partial charge is 0.393 e. The number of carbonyl (C=O) groups is 1. The first-order valence-electron chi connectivity index (χ1n) is 14.4.